The Morgan fingerprint density at radius 1 is 0.929 bits per heavy atom. The van der Waals surface area contributed by atoms with Crippen molar-refractivity contribution in [1.29, 1.82) is 0 Å². The van der Waals surface area contributed by atoms with E-state index < -0.39 is 66.4 Å². The third-order valence-electron chi connectivity index (χ3n) is 3.55. The molecule has 5 atom stereocenters. The summed E-state index contributed by atoms with van der Waals surface area (Å²) in [4.78, 5) is 58.0. The first-order chi connectivity index (χ1) is 12.9. The first-order valence-electron chi connectivity index (χ1n) is 8.30. The maximum atomic E-state index is 12.3. The van der Waals surface area contributed by atoms with Gasteiger partial charge >= 0.3 is 11.9 Å². The minimum atomic E-state index is -1.55. The van der Waals surface area contributed by atoms with Gasteiger partial charge < -0.3 is 37.0 Å². The quantitative estimate of drug-likeness (QED) is 0.151. The Hall–Kier alpha value is -2.38. The third-order valence-corrected chi connectivity index (χ3v) is 3.92. The average molecular weight is 422 g/mol. The number of rotatable bonds is 12. The molecule has 12 nitrogen and oxygen atoms in total. The predicted molar refractivity (Wildman–Crippen MR) is 99.5 cm³/mol. The van der Waals surface area contributed by atoms with Crippen LogP contribution in [0, 0.1) is 0 Å². The molecule has 0 aliphatic rings. The average Bonchev–Trinajstić information content (AvgIpc) is 2.59. The summed E-state index contributed by atoms with van der Waals surface area (Å²) in [6, 6.07) is -5.12. The number of amides is 3. The van der Waals surface area contributed by atoms with E-state index in [4.69, 9.17) is 15.9 Å². The smallest absolute Gasteiger partial charge is 0.326 e. The Bertz CT molecular complexity index is 599. The van der Waals surface area contributed by atoms with Gasteiger partial charge in [-0.3, -0.25) is 19.2 Å². The van der Waals surface area contributed by atoms with Gasteiger partial charge in [0.1, 0.15) is 18.1 Å². The van der Waals surface area contributed by atoms with Crippen LogP contribution in [-0.2, 0) is 24.0 Å². The second-order valence-electron chi connectivity index (χ2n) is 6.09. The van der Waals surface area contributed by atoms with E-state index in [0.29, 0.717) is 0 Å². The summed E-state index contributed by atoms with van der Waals surface area (Å²) < 4.78 is 0. The number of nitrogens with one attached hydrogen (secondary N) is 3. The lowest BCUT2D eigenvalue weighted by molar-refractivity contribution is -0.144. The first-order valence-corrected chi connectivity index (χ1v) is 8.94. The molecule has 0 aromatic carbocycles. The van der Waals surface area contributed by atoms with Crippen molar-refractivity contribution in [2.24, 2.45) is 5.73 Å². The van der Waals surface area contributed by atoms with Crippen molar-refractivity contribution in [2.45, 2.75) is 57.0 Å². The molecule has 13 heteroatoms. The maximum absolute atomic E-state index is 12.3. The van der Waals surface area contributed by atoms with Crippen molar-refractivity contribution in [3.63, 3.8) is 0 Å². The number of carboxylic acid groups (broad SMARTS) is 2. The van der Waals surface area contributed by atoms with E-state index >= 15 is 0 Å². The Morgan fingerprint density at radius 3 is 1.86 bits per heavy atom. The third kappa shape index (κ3) is 9.01. The molecule has 0 saturated heterocycles. The zero-order valence-electron chi connectivity index (χ0n) is 15.4. The number of nitrogens with two attached hydrogens (primary N) is 1. The number of hydrogen-bond acceptors (Lipinski definition) is 8. The Labute approximate surface area is 166 Å². The zero-order chi connectivity index (χ0) is 22.0. The molecular weight excluding hydrogens is 396 g/mol. The van der Waals surface area contributed by atoms with Crippen LogP contribution < -0.4 is 21.7 Å². The van der Waals surface area contributed by atoms with Gasteiger partial charge in [-0.1, -0.05) is 0 Å². The zero-order valence-corrected chi connectivity index (χ0v) is 16.3. The van der Waals surface area contributed by atoms with Crippen molar-refractivity contribution >= 4 is 42.3 Å². The molecule has 0 heterocycles. The number of carboxylic acids is 2. The number of carbonyl (C=O) groups excluding carboxylic acids is 3. The van der Waals surface area contributed by atoms with Crippen LogP contribution in [0.15, 0.2) is 0 Å². The topological polar surface area (TPSA) is 208 Å². The molecule has 0 radical (unpaired) electrons. The summed E-state index contributed by atoms with van der Waals surface area (Å²) in [5, 5.41) is 34.1. The predicted octanol–water partition coefficient (Wildman–Crippen LogP) is -2.95. The highest BCUT2D eigenvalue weighted by atomic mass is 32.1. The molecule has 0 aliphatic carbocycles. The molecule has 5 unspecified atom stereocenters. The molecule has 8 N–H and O–H groups in total. The monoisotopic (exact) mass is 422 g/mol. The van der Waals surface area contributed by atoms with Crippen LogP contribution in [0.25, 0.3) is 0 Å². The molecule has 0 fully saturated rings. The van der Waals surface area contributed by atoms with Gasteiger partial charge in [-0.25, -0.2) is 4.79 Å². The number of thiol groups is 1. The Balaban J connectivity index is 5.14. The van der Waals surface area contributed by atoms with E-state index in [2.05, 4.69) is 28.6 Å². The fraction of sp³-hybridized carbons (Fsp3) is 0.667. The number of aliphatic hydroxyl groups is 1. The first kappa shape index (κ1) is 25.6. The fourth-order valence-corrected chi connectivity index (χ4v) is 2.20. The SMILES string of the molecule is CC(N)C(=O)NC(CS)C(=O)NC(C(=O)NC(CCC(=O)O)C(=O)O)C(C)O. The lowest BCUT2D eigenvalue weighted by Crippen LogP contribution is -2.60. The maximum Gasteiger partial charge on any atom is 0.326 e. The van der Waals surface area contributed by atoms with Crippen LogP contribution in [0.3, 0.4) is 0 Å². The summed E-state index contributed by atoms with van der Waals surface area (Å²) in [5.41, 5.74) is 5.40. The van der Waals surface area contributed by atoms with Gasteiger partial charge in [0.15, 0.2) is 0 Å². The minimum absolute atomic E-state index is 0.130. The Morgan fingerprint density at radius 2 is 1.46 bits per heavy atom. The van der Waals surface area contributed by atoms with Crippen molar-refractivity contribution in [1.82, 2.24) is 16.0 Å². The summed E-state index contributed by atoms with van der Waals surface area (Å²) in [6.45, 7) is 2.59. The number of carbonyl (C=O) groups is 5. The lowest BCUT2D eigenvalue weighted by atomic mass is 10.1. The standard InChI is InChI=1S/C15H26N4O8S/c1-6(16)12(23)18-9(5-28)13(24)19-11(7(2)20)14(25)17-8(15(26)27)3-4-10(21)22/h6-9,11,20,28H,3-5,16H2,1-2H3,(H,17,25)(H,18,23)(H,19,24)(H,21,22)(H,26,27). The minimum Gasteiger partial charge on any atom is -0.481 e. The molecule has 0 rings (SSSR count). The van der Waals surface area contributed by atoms with Gasteiger partial charge in [0, 0.05) is 12.2 Å². The van der Waals surface area contributed by atoms with Gasteiger partial charge in [-0.15, -0.1) is 0 Å². The van der Waals surface area contributed by atoms with Gasteiger partial charge in [0.2, 0.25) is 17.7 Å². The largest absolute Gasteiger partial charge is 0.481 e. The molecule has 160 valence electrons. The van der Waals surface area contributed by atoms with Gasteiger partial charge in [-0.05, 0) is 20.3 Å². The number of hydrogen-bond donors (Lipinski definition) is 8. The van der Waals surface area contributed by atoms with Crippen molar-refractivity contribution in [3.05, 3.63) is 0 Å². The fourth-order valence-electron chi connectivity index (χ4n) is 1.94. The molecule has 0 spiro atoms. The highest BCUT2D eigenvalue weighted by Gasteiger charge is 2.32. The van der Waals surface area contributed by atoms with E-state index in [1.54, 1.807) is 0 Å². The molecule has 0 saturated carbocycles. The van der Waals surface area contributed by atoms with E-state index in [0.717, 1.165) is 0 Å². The van der Waals surface area contributed by atoms with Crippen molar-refractivity contribution < 1.29 is 39.3 Å². The van der Waals surface area contributed by atoms with Gasteiger partial charge in [-0.2, -0.15) is 12.6 Å². The van der Waals surface area contributed by atoms with E-state index in [1.807, 2.05) is 0 Å². The summed E-state index contributed by atoms with van der Waals surface area (Å²) in [7, 11) is 0. The van der Waals surface area contributed by atoms with E-state index in [-0.39, 0.29) is 12.2 Å². The second-order valence-corrected chi connectivity index (χ2v) is 6.46. The van der Waals surface area contributed by atoms with Crippen LogP contribution in [0.5, 0.6) is 0 Å². The van der Waals surface area contributed by atoms with Crippen LogP contribution >= 0.6 is 12.6 Å². The molecular formula is C15H26N4O8S. The summed E-state index contributed by atoms with van der Waals surface area (Å²) in [6.07, 6.45) is -2.31. The molecule has 0 aliphatic heterocycles. The normalized spacial score (nSPS) is 16.0. The van der Waals surface area contributed by atoms with Crippen LogP contribution in [0.4, 0.5) is 0 Å². The Kier molecular flexibility index (Phi) is 11.1. The highest BCUT2D eigenvalue weighted by Crippen LogP contribution is 2.02. The number of aliphatic carboxylic acids is 2. The number of aliphatic hydroxyl groups excluding tert-OH is 1. The second kappa shape index (κ2) is 12.2. The van der Waals surface area contributed by atoms with Crippen LogP contribution in [0.1, 0.15) is 26.7 Å². The summed E-state index contributed by atoms with van der Waals surface area (Å²) >= 11 is 3.94. The van der Waals surface area contributed by atoms with E-state index in [9.17, 15) is 29.1 Å². The van der Waals surface area contributed by atoms with Gasteiger partial charge in [0.25, 0.3) is 0 Å². The summed E-state index contributed by atoms with van der Waals surface area (Å²) in [5.74, 6) is -5.36. The molecule has 3 amide bonds. The van der Waals surface area contributed by atoms with Crippen molar-refractivity contribution in [3.8, 4) is 0 Å². The molecule has 0 aromatic heterocycles. The highest BCUT2D eigenvalue weighted by molar-refractivity contribution is 7.80. The van der Waals surface area contributed by atoms with Crippen LogP contribution in [0.2, 0.25) is 0 Å². The molecule has 0 aromatic rings. The lowest BCUT2D eigenvalue weighted by Gasteiger charge is -2.25. The van der Waals surface area contributed by atoms with Gasteiger partial charge in [0.05, 0.1) is 12.1 Å². The van der Waals surface area contributed by atoms with Crippen LogP contribution in [-0.4, -0.2) is 81.0 Å². The molecule has 0 bridgehead atoms. The van der Waals surface area contributed by atoms with E-state index in [1.165, 1.54) is 13.8 Å². The molecule has 28 heavy (non-hydrogen) atoms. The van der Waals surface area contributed by atoms with Crippen molar-refractivity contribution in [2.75, 3.05) is 5.75 Å².